The average Bonchev–Trinajstić information content (AvgIpc) is 3.64. The van der Waals surface area contributed by atoms with E-state index in [4.69, 9.17) is 0 Å². The van der Waals surface area contributed by atoms with Gasteiger partial charge < -0.3 is 15.2 Å². The first kappa shape index (κ1) is 21.3. The summed E-state index contributed by atoms with van der Waals surface area (Å²) in [6, 6.07) is 8.72. The lowest BCUT2D eigenvalue weighted by Gasteiger charge is -2.36. The van der Waals surface area contributed by atoms with Gasteiger partial charge in [-0.3, -0.25) is 19.1 Å². The summed E-state index contributed by atoms with van der Waals surface area (Å²) in [5.41, 5.74) is 1.42. The normalized spacial score (nSPS) is 16.8. The van der Waals surface area contributed by atoms with Crippen molar-refractivity contribution in [3.63, 3.8) is 0 Å². The second-order valence-electron chi connectivity index (χ2n) is 8.57. The van der Waals surface area contributed by atoms with Gasteiger partial charge in [-0.05, 0) is 42.7 Å². The molecule has 1 saturated carbocycles. The van der Waals surface area contributed by atoms with Crippen LogP contribution in [-0.4, -0.2) is 58.6 Å². The number of nitrogens with zero attached hydrogens (tertiary/aromatic N) is 4. The number of carbonyl (C=O) groups excluding carboxylic acids is 1. The first-order valence-electron chi connectivity index (χ1n) is 11.1. The standard InChI is InChI=1S/C23H25FN6O3/c1-25-21(31)17-6-7-19(20(24)26-17)29-10-8-28(9-11-29)13-14-2-5-16-18(12-14)27-23(33)30(22(16)32)15-3-4-15/h2,5-7,12,15H,3-4,8-11,13H2,1H3,(H,25,31)(H,27,33). The van der Waals surface area contributed by atoms with Gasteiger partial charge in [0.1, 0.15) is 5.69 Å². The van der Waals surface area contributed by atoms with Gasteiger partial charge in [0, 0.05) is 45.8 Å². The van der Waals surface area contributed by atoms with Gasteiger partial charge in [-0.25, -0.2) is 9.78 Å². The van der Waals surface area contributed by atoms with Crippen LogP contribution in [-0.2, 0) is 6.54 Å². The number of hydrogen-bond donors (Lipinski definition) is 2. The first-order chi connectivity index (χ1) is 15.9. The highest BCUT2D eigenvalue weighted by molar-refractivity contribution is 5.92. The maximum atomic E-state index is 14.5. The maximum Gasteiger partial charge on any atom is 0.329 e. The summed E-state index contributed by atoms with van der Waals surface area (Å²) < 4.78 is 15.8. The highest BCUT2D eigenvalue weighted by Crippen LogP contribution is 2.32. The average molecular weight is 452 g/mol. The number of benzene rings is 1. The maximum absolute atomic E-state index is 14.5. The third-order valence-electron chi connectivity index (χ3n) is 6.31. The number of fused-ring (bicyclic) bond motifs is 1. The Hall–Kier alpha value is -3.53. The molecule has 3 aromatic rings. The molecule has 0 radical (unpaired) electrons. The highest BCUT2D eigenvalue weighted by Gasteiger charge is 2.27. The Morgan fingerprint density at radius 1 is 1.15 bits per heavy atom. The van der Waals surface area contributed by atoms with Crippen LogP contribution in [0.3, 0.4) is 0 Å². The molecule has 2 aromatic heterocycles. The minimum absolute atomic E-state index is 0.0293. The highest BCUT2D eigenvalue weighted by atomic mass is 19.1. The van der Waals surface area contributed by atoms with Crippen LogP contribution in [0.1, 0.15) is 34.9 Å². The van der Waals surface area contributed by atoms with Crippen LogP contribution in [0.25, 0.3) is 10.9 Å². The van der Waals surface area contributed by atoms with E-state index >= 15 is 0 Å². The van der Waals surface area contributed by atoms with E-state index in [2.05, 4.69) is 20.2 Å². The van der Waals surface area contributed by atoms with Gasteiger partial charge >= 0.3 is 5.69 Å². The van der Waals surface area contributed by atoms with Crippen LogP contribution in [0.4, 0.5) is 10.1 Å². The molecule has 1 aliphatic carbocycles. The quantitative estimate of drug-likeness (QED) is 0.565. The number of H-pyrrole nitrogens is 1. The van der Waals surface area contributed by atoms with Gasteiger partial charge in [0.2, 0.25) is 5.95 Å². The number of carbonyl (C=O) groups is 1. The predicted molar refractivity (Wildman–Crippen MR) is 122 cm³/mol. The smallest absolute Gasteiger partial charge is 0.329 e. The number of aromatic nitrogens is 3. The Morgan fingerprint density at radius 3 is 2.58 bits per heavy atom. The number of hydrogen-bond acceptors (Lipinski definition) is 6. The Kier molecular flexibility index (Phi) is 5.45. The van der Waals surface area contributed by atoms with Crippen molar-refractivity contribution in [1.29, 1.82) is 0 Å². The lowest BCUT2D eigenvalue weighted by atomic mass is 10.1. The van der Waals surface area contributed by atoms with Gasteiger partial charge in [-0.15, -0.1) is 0 Å². The van der Waals surface area contributed by atoms with E-state index in [1.807, 2.05) is 17.0 Å². The molecule has 1 aliphatic heterocycles. The Morgan fingerprint density at radius 2 is 1.91 bits per heavy atom. The molecule has 0 bridgehead atoms. The number of anilines is 1. The van der Waals surface area contributed by atoms with E-state index in [-0.39, 0.29) is 23.0 Å². The lowest BCUT2D eigenvalue weighted by Crippen LogP contribution is -2.46. The fourth-order valence-electron chi connectivity index (χ4n) is 4.36. The molecule has 1 saturated heterocycles. The molecule has 172 valence electrons. The lowest BCUT2D eigenvalue weighted by molar-refractivity contribution is 0.0957. The largest absolute Gasteiger partial charge is 0.365 e. The minimum Gasteiger partial charge on any atom is -0.365 e. The van der Waals surface area contributed by atoms with Crippen LogP contribution in [0.5, 0.6) is 0 Å². The molecule has 2 fully saturated rings. The first-order valence-corrected chi connectivity index (χ1v) is 11.1. The van der Waals surface area contributed by atoms with Crippen molar-refractivity contribution in [1.82, 2.24) is 24.8 Å². The molecule has 5 rings (SSSR count). The summed E-state index contributed by atoms with van der Waals surface area (Å²) in [6.45, 7) is 3.33. The van der Waals surface area contributed by atoms with Crippen LogP contribution in [0, 0.1) is 5.95 Å². The number of halogens is 1. The van der Waals surface area contributed by atoms with Gasteiger partial charge in [0.15, 0.2) is 0 Å². The van der Waals surface area contributed by atoms with Gasteiger partial charge in [0.05, 0.1) is 16.6 Å². The molecule has 1 amide bonds. The summed E-state index contributed by atoms with van der Waals surface area (Å²) in [5.74, 6) is -1.08. The van der Waals surface area contributed by atoms with Crippen molar-refractivity contribution in [2.75, 3.05) is 38.1 Å². The van der Waals surface area contributed by atoms with Crippen LogP contribution >= 0.6 is 0 Å². The van der Waals surface area contributed by atoms with E-state index < -0.39 is 11.9 Å². The molecule has 10 heteroatoms. The Labute approximate surface area is 188 Å². The molecular weight excluding hydrogens is 427 g/mol. The molecular formula is C23H25FN6O3. The summed E-state index contributed by atoms with van der Waals surface area (Å²) in [7, 11) is 1.48. The van der Waals surface area contributed by atoms with Crippen LogP contribution in [0.2, 0.25) is 0 Å². The second-order valence-corrected chi connectivity index (χ2v) is 8.57. The van der Waals surface area contributed by atoms with Crippen molar-refractivity contribution in [3.8, 4) is 0 Å². The molecule has 0 unspecified atom stereocenters. The van der Waals surface area contributed by atoms with Gasteiger partial charge in [0.25, 0.3) is 11.5 Å². The zero-order valence-electron chi connectivity index (χ0n) is 18.3. The van der Waals surface area contributed by atoms with Crippen molar-refractivity contribution in [2.24, 2.45) is 0 Å². The SMILES string of the molecule is CNC(=O)c1ccc(N2CCN(Cc3ccc4c(=O)n(C5CC5)c(=O)[nH]c4c3)CC2)c(F)n1. The van der Waals surface area contributed by atoms with Crippen molar-refractivity contribution in [3.05, 3.63) is 68.4 Å². The summed E-state index contributed by atoms with van der Waals surface area (Å²) in [4.78, 5) is 47.5. The fraction of sp³-hybridized carbons (Fsp3) is 0.391. The summed E-state index contributed by atoms with van der Waals surface area (Å²) >= 11 is 0. The van der Waals surface area contributed by atoms with Gasteiger partial charge in [-0.2, -0.15) is 4.39 Å². The molecule has 3 heterocycles. The molecule has 2 N–H and O–H groups in total. The minimum atomic E-state index is -0.653. The van der Waals surface area contributed by atoms with E-state index in [9.17, 15) is 18.8 Å². The number of pyridine rings is 1. The van der Waals surface area contributed by atoms with E-state index in [1.165, 1.54) is 17.7 Å². The number of piperazine rings is 1. The molecule has 9 nitrogen and oxygen atoms in total. The third-order valence-corrected chi connectivity index (χ3v) is 6.31. The van der Waals surface area contributed by atoms with Crippen molar-refractivity contribution in [2.45, 2.75) is 25.4 Å². The molecule has 33 heavy (non-hydrogen) atoms. The van der Waals surface area contributed by atoms with Gasteiger partial charge in [-0.1, -0.05) is 6.07 Å². The Bertz CT molecular complexity index is 1340. The summed E-state index contributed by atoms with van der Waals surface area (Å²) in [5, 5.41) is 2.96. The predicted octanol–water partition coefficient (Wildman–Crippen LogP) is 1.24. The molecule has 0 spiro atoms. The van der Waals surface area contributed by atoms with Crippen LogP contribution in [0.15, 0.2) is 39.9 Å². The number of amides is 1. The molecule has 2 aliphatic rings. The van der Waals surface area contributed by atoms with E-state index in [0.29, 0.717) is 49.3 Å². The van der Waals surface area contributed by atoms with Crippen molar-refractivity contribution < 1.29 is 9.18 Å². The summed E-state index contributed by atoms with van der Waals surface area (Å²) in [6.07, 6.45) is 1.74. The van der Waals surface area contributed by atoms with E-state index in [0.717, 1.165) is 18.4 Å². The Balaban J connectivity index is 1.27. The number of nitrogens with one attached hydrogen (secondary N) is 2. The fourth-order valence-corrected chi connectivity index (χ4v) is 4.36. The number of rotatable bonds is 5. The number of aromatic amines is 1. The second kappa shape index (κ2) is 8.43. The zero-order valence-corrected chi connectivity index (χ0v) is 18.3. The molecule has 1 aromatic carbocycles. The van der Waals surface area contributed by atoms with E-state index in [1.54, 1.807) is 12.1 Å². The molecule has 0 atom stereocenters. The third kappa shape index (κ3) is 4.13. The van der Waals surface area contributed by atoms with Crippen molar-refractivity contribution >= 4 is 22.5 Å². The van der Waals surface area contributed by atoms with Crippen LogP contribution < -0.4 is 21.5 Å². The topological polar surface area (TPSA) is 103 Å². The monoisotopic (exact) mass is 452 g/mol. The zero-order chi connectivity index (χ0) is 23.1.